The third kappa shape index (κ3) is 5.30. The van der Waals surface area contributed by atoms with Gasteiger partial charge in [-0.25, -0.2) is 9.97 Å². The van der Waals surface area contributed by atoms with Gasteiger partial charge in [0.15, 0.2) is 5.82 Å². The predicted octanol–water partition coefficient (Wildman–Crippen LogP) is 14.6. The summed E-state index contributed by atoms with van der Waals surface area (Å²) in [6, 6.07) is 78.1. The molecule has 2 aromatic heterocycles. The number of nitrogens with zero attached hydrogens (tertiary/aromatic N) is 2. The smallest absolute Gasteiger partial charge is 0.161 e. The Hall–Kier alpha value is -7.88. The van der Waals surface area contributed by atoms with E-state index >= 15 is 0 Å². The van der Waals surface area contributed by atoms with Gasteiger partial charge < -0.3 is 4.42 Å². The van der Waals surface area contributed by atoms with Crippen molar-refractivity contribution in [2.24, 2.45) is 0 Å². The Kier molecular flexibility index (Phi) is 7.76. The second kappa shape index (κ2) is 13.6. The van der Waals surface area contributed by atoms with Crippen LogP contribution in [0, 0.1) is 0 Å². The normalized spacial score (nSPS) is 12.8. The monoisotopic (exact) mass is 764 g/mol. The van der Waals surface area contributed by atoms with Crippen LogP contribution < -0.4 is 0 Å². The average Bonchev–Trinajstić information content (AvgIpc) is 3.85. The van der Waals surface area contributed by atoms with Gasteiger partial charge in [0, 0.05) is 27.5 Å². The van der Waals surface area contributed by atoms with Crippen LogP contribution in [0.3, 0.4) is 0 Å². The number of aromatic nitrogens is 2. The Morgan fingerprint density at radius 1 is 0.333 bits per heavy atom. The van der Waals surface area contributed by atoms with Gasteiger partial charge in [0.25, 0.3) is 0 Å². The lowest BCUT2D eigenvalue weighted by atomic mass is 9.67. The molecule has 1 aliphatic carbocycles. The van der Waals surface area contributed by atoms with E-state index < -0.39 is 5.41 Å². The predicted molar refractivity (Wildman–Crippen MR) is 246 cm³/mol. The minimum atomic E-state index is -0.464. The van der Waals surface area contributed by atoms with Gasteiger partial charge in [0.2, 0.25) is 0 Å². The minimum absolute atomic E-state index is 0.464. The molecule has 0 spiro atoms. The van der Waals surface area contributed by atoms with Crippen LogP contribution in [0.25, 0.3) is 88.9 Å². The molecule has 280 valence electrons. The fourth-order valence-electron chi connectivity index (χ4n) is 9.63. The molecule has 12 rings (SSSR count). The van der Waals surface area contributed by atoms with Gasteiger partial charge in [-0.1, -0.05) is 188 Å². The van der Waals surface area contributed by atoms with Crippen LogP contribution in [0.4, 0.5) is 0 Å². The number of fused-ring (bicyclic) bond motifs is 7. The fourth-order valence-corrected chi connectivity index (χ4v) is 9.63. The van der Waals surface area contributed by atoms with Crippen LogP contribution in [0.2, 0.25) is 0 Å². The molecule has 9 aromatic carbocycles. The largest absolute Gasteiger partial charge is 0.456 e. The highest BCUT2D eigenvalue weighted by Gasteiger charge is 2.46. The fraction of sp³-hybridized carbons (Fsp3) is 0.0175. The zero-order chi connectivity index (χ0) is 39.6. The van der Waals surface area contributed by atoms with E-state index in [0.29, 0.717) is 5.82 Å². The summed E-state index contributed by atoms with van der Waals surface area (Å²) in [7, 11) is 0. The molecule has 2 heterocycles. The summed E-state index contributed by atoms with van der Waals surface area (Å²) < 4.78 is 6.24. The first-order valence-corrected chi connectivity index (χ1v) is 20.5. The molecule has 11 aromatic rings. The SMILES string of the molecule is c1ccc(C2(c3ccccc3)c3ccccc3-c3cc(-c4cc(-c5ccc(-c6ccc7c(c6)oc6ccccc67)cc5)nc(-c5cccc6ccccc56)n4)ccc32)cc1. The number of benzene rings is 9. The van der Waals surface area contributed by atoms with Crippen molar-refractivity contribution in [2.75, 3.05) is 0 Å². The summed E-state index contributed by atoms with van der Waals surface area (Å²) in [4.78, 5) is 10.7. The van der Waals surface area contributed by atoms with Crippen LogP contribution in [0.15, 0.2) is 223 Å². The molecule has 0 unspecified atom stereocenters. The first kappa shape index (κ1) is 34.2. The van der Waals surface area contributed by atoms with E-state index in [4.69, 9.17) is 14.4 Å². The summed E-state index contributed by atoms with van der Waals surface area (Å²) in [5.74, 6) is 0.697. The average molecular weight is 765 g/mol. The number of rotatable bonds is 6. The maximum atomic E-state index is 6.24. The second-order valence-corrected chi connectivity index (χ2v) is 15.7. The van der Waals surface area contributed by atoms with Crippen LogP contribution in [0.1, 0.15) is 22.3 Å². The minimum Gasteiger partial charge on any atom is -0.456 e. The number of furan rings is 1. The van der Waals surface area contributed by atoms with Crippen molar-refractivity contribution < 1.29 is 4.42 Å². The molecule has 0 fully saturated rings. The molecule has 3 nitrogen and oxygen atoms in total. The Morgan fingerprint density at radius 2 is 0.900 bits per heavy atom. The first-order chi connectivity index (χ1) is 29.7. The summed E-state index contributed by atoms with van der Waals surface area (Å²) in [6.07, 6.45) is 0. The summed E-state index contributed by atoms with van der Waals surface area (Å²) in [5.41, 5.74) is 15.9. The van der Waals surface area contributed by atoms with Crippen molar-refractivity contribution >= 4 is 32.7 Å². The maximum absolute atomic E-state index is 6.24. The van der Waals surface area contributed by atoms with E-state index in [1.54, 1.807) is 0 Å². The molecular formula is C57H36N2O. The van der Waals surface area contributed by atoms with Crippen molar-refractivity contribution in [1.29, 1.82) is 0 Å². The molecule has 1 aliphatic rings. The summed E-state index contributed by atoms with van der Waals surface area (Å²) in [5, 5.41) is 4.54. The maximum Gasteiger partial charge on any atom is 0.161 e. The van der Waals surface area contributed by atoms with Gasteiger partial charge in [-0.15, -0.1) is 0 Å². The van der Waals surface area contributed by atoms with Crippen molar-refractivity contribution in [3.05, 3.63) is 241 Å². The van der Waals surface area contributed by atoms with Crippen molar-refractivity contribution in [1.82, 2.24) is 9.97 Å². The van der Waals surface area contributed by atoms with Crippen LogP contribution in [-0.2, 0) is 5.41 Å². The van der Waals surface area contributed by atoms with E-state index in [2.05, 4.69) is 206 Å². The Bertz CT molecular complexity index is 3380. The highest BCUT2D eigenvalue weighted by Crippen LogP contribution is 2.56. The molecule has 0 aliphatic heterocycles. The third-order valence-electron chi connectivity index (χ3n) is 12.4. The summed E-state index contributed by atoms with van der Waals surface area (Å²) in [6.45, 7) is 0. The second-order valence-electron chi connectivity index (χ2n) is 15.7. The molecule has 0 amide bonds. The molecular weight excluding hydrogens is 729 g/mol. The summed E-state index contributed by atoms with van der Waals surface area (Å²) >= 11 is 0. The molecule has 0 N–H and O–H groups in total. The molecule has 3 heteroatoms. The van der Waals surface area contributed by atoms with Crippen LogP contribution in [-0.4, -0.2) is 9.97 Å². The Balaban J connectivity index is 1.02. The molecule has 0 saturated carbocycles. The molecule has 0 bridgehead atoms. The Labute approximate surface area is 347 Å². The topological polar surface area (TPSA) is 38.9 Å². The molecule has 60 heavy (non-hydrogen) atoms. The Morgan fingerprint density at radius 3 is 1.70 bits per heavy atom. The van der Waals surface area contributed by atoms with Gasteiger partial charge in [-0.3, -0.25) is 0 Å². The van der Waals surface area contributed by atoms with Crippen molar-refractivity contribution in [2.45, 2.75) is 5.41 Å². The van der Waals surface area contributed by atoms with Gasteiger partial charge in [0.05, 0.1) is 16.8 Å². The lowest BCUT2D eigenvalue weighted by Crippen LogP contribution is -2.28. The van der Waals surface area contributed by atoms with E-state index in [1.165, 1.54) is 33.4 Å². The molecule has 0 radical (unpaired) electrons. The van der Waals surface area contributed by atoms with Gasteiger partial charge in [0.1, 0.15) is 11.2 Å². The van der Waals surface area contributed by atoms with Gasteiger partial charge in [-0.05, 0) is 85.6 Å². The lowest BCUT2D eigenvalue weighted by molar-refractivity contribution is 0.669. The van der Waals surface area contributed by atoms with E-state index in [1.807, 2.05) is 12.1 Å². The standard InChI is InChI=1S/C57H36N2O/c1-3-16-42(17-4-1)57(43-18-5-2-6-19-43)50-24-11-9-21-45(50)49-34-41(31-33-51(49)57)53-36-52(58-56(59-53)48-23-13-15-38-14-7-8-20-44(38)48)39-28-26-37(27-29-39)40-30-32-47-46-22-10-12-25-54(46)60-55(47)35-40/h1-36H. The van der Waals surface area contributed by atoms with Gasteiger partial charge in [-0.2, -0.15) is 0 Å². The van der Waals surface area contributed by atoms with Crippen LogP contribution in [0.5, 0.6) is 0 Å². The highest BCUT2D eigenvalue weighted by atomic mass is 16.3. The van der Waals surface area contributed by atoms with E-state index in [9.17, 15) is 0 Å². The van der Waals surface area contributed by atoms with Crippen molar-refractivity contribution in [3.63, 3.8) is 0 Å². The quantitative estimate of drug-likeness (QED) is 0.169. The first-order valence-electron chi connectivity index (χ1n) is 20.5. The number of hydrogen-bond donors (Lipinski definition) is 0. The zero-order valence-electron chi connectivity index (χ0n) is 32.6. The van der Waals surface area contributed by atoms with E-state index in [0.717, 1.165) is 71.9 Å². The number of hydrogen-bond acceptors (Lipinski definition) is 3. The molecule has 0 atom stereocenters. The zero-order valence-corrected chi connectivity index (χ0v) is 32.6. The lowest BCUT2D eigenvalue weighted by Gasteiger charge is -2.33. The third-order valence-corrected chi connectivity index (χ3v) is 12.4. The van der Waals surface area contributed by atoms with Crippen LogP contribution >= 0.6 is 0 Å². The van der Waals surface area contributed by atoms with Gasteiger partial charge >= 0.3 is 0 Å². The van der Waals surface area contributed by atoms with Crippen molar-refractivity contribution in [3.8, 4) is 56.2 Å². The highest BCUT2D eigenvalue weighted by molar-refractivity contribution is 6.06. The molecule has 0 saturated heterocycles. The number of para-hydroxylation sites is 1. The van der Waals surface area contributed by atoms with E-state index in [-0.39, 0.29) is 0 Å².